The number of amides is 2. The van der Waals surface area contributed by atoms with Crippen LogP contribution in [-0.4, -0.2) is 76.1 Å². The van der Waals surface area contributed by atoms with Crippen LogP contribution < -0.4 is 15.1 Å². The fourth-order valence-electron chi connectivity index (χ4n) is 2.58. The van der Waals surface area contributed by atoms with Crippen LogP contribution in [0.15, 0.2) is 34.9 Å². The highest BCUT2D eigenvalue weighted by Gasteiger charge is 2.22. The molecular formula is C20H30ClN5O3+2. The Bertz CT molecular complexity index is 822. The first kappa shape index (κ1) is 22.9. The van der Waals surface area contributed by atoms with Gasteiger partial charge in [-0.15, -0.1) is 0 Å². The van der Waals surface area contributed by atoms with E-state index in [1.165, 1.54) is 16.1 Å². The van der Waals surface area contributed by atoms with Gasteiger partial charge in [-0.25, -0.2) is 4.98 Å². The zero-order valence-electron chi connectivity index (χ0n) is 17.4. The summed E-state index contributed by atoms with van der Waals surface area (Å²) in [7, 11) is 8.06. The summed E-state index contributed by atoms with van der Waals surface area (Å²) in [6.45, 7) is 2.76. The first-order chi connectivity index (χ1) is 13.8. The van der Waals surface area contributed by atoms with Crippen molar-refractivity contribution >= 4 is 23.4 Å². The summed E-state index contributed by atoms with van der Waals surface area (Å²) < 4.78 is 5.46. The van der Waals surface area contributed by atoms with E-state index in [0.717, 1.165) is 13.1 Å². The third-order valence-electron chi connectivity index (χ3n) is 4.29. The highest BCUT2D eigenvalue weighted by atomic mass is 35.5. The van der Waals surface area contributed by atoms with E-state index >= 15 is 0 Å². The smallest absolute Gasteiger partial charge is 0.273 e. The number of carbonyl (C=O) groups excluding carboxylic acids is 2. The zero-order chi connectivity index (χ0) is 21.4. The van der Waals surface area contributed by atoms with Crippen LogP contribution in [0.5, 0.6) is 0 Å². The molecule has 2 rings (SSSR count). The summed E-state index contributed by atoms with van der Waals surface area (Å²) >= 11 is 6.20. The van der Waals surface area contributed by atoms with Crippen molar-refractivity contribution in [2.24, 2.45) is 0 Å². The fourth-order valence-corrected chi connectivity index (χ4v) is 2.80. The molecule has 0 bridgehead atoms. The number of benzene rings is 1. The van der Waals surface area contributed by atoms with Crippen LogP contribution in [0.3, 0.4) is 0 Å². The SMILES string of the molecule is C[NH+](C)CCNC(=O)c1coc(CN(CC[NH+](C)C)C(=O)c2ccccc2Cl)n1. The molecule has 0 radical (unpaired) electrons. The number of quaternary nitrogens is 2. The second kappa shape index (κ2) is 10.9. The number of oxazole rings is 1. The van der Waals surface area contributed by atoms with E-state index in [0.29, 0.717) is 29.6 Å². The van der Waals surface area contributed by atoms with Crippen LogP contribution in [0.2, 0.25) is 5.02 Å². The van der Waals surface area contributed by atoms with Crippen LogP contribution >= 0.6 is 11.6 Å². The molecule has 1 aromatic heterocycles. The lowest BCUT2D eigenvalue weighted by Gasteiger charge is -2.22. The van der Waals surface area contributed by atoms with Crippen LogP contribution in [0, 0.1) is 0 Å². The normalized spacial score (nSPS) is 11.1. The second-order valence-corrected chi connectivity index (χ2v) is 7.91. The molecule has 8 nitrogen and oxygen atoms in total. The van der Waals surface area contributed by atoms with Gasteiger partial charge < -0.3 is 24.4 Å². The Morgan fingerprint density at radius 3 is 2.48 bits per heavy atom. The minimum Gasteiger partial charge on any atom is -0.446 e. The molecule has 0 aliphatic carbocycles. The molecule has 0 unspecified atom stereocenters. The molecule has 158 valence electrons. The summed E-state index contributed by atoms with van der Waals surface area (Å²) in [6.07, 6.45) is 1.32. The first-order valence-corrected chi connectivity index (χ1v) is 10.00. The van der Waals surface area contributed by atoms with Gasteiger partial charge in [-0.2, -0.15) is 0 Å². The van der Waals surface area contributed by atoms with Crippen molar-refractivity contribution in [2.45, 2.75) is 6.54 Å². The monoisotopic (exact) mass is 423 g/mol. The molecule has 2 amide bonds. The lowest BCUT2D eigenvalue weighted by Crippen LogP contribution is -3.06. The van der Waals surface area contributed by atoms with Gasteiger partial charge in [0.25, 0.3) is 11.8 Å². The Balaban J connectivity index is 2.09. The van der Waals surface area contributed by atoms with Gasteiger partial charge in [0, 0.05) is 0 Å². The summed E-state index contributed by atoms with van der Waals surface area (Å²) in [6, 6.07) is 6.94. The molecule has 0 atom stereocenters. The first-order valence-electron chi connectivity index (χ1n) is 9.62. The minimum absolute atomic E-state index is 0.159. The maximum absolute atomic E-state index is 13.0. The van der Waals surface area contributed by atoms with Gasteiger partial charge in [-0.1, -0.05) is 23.7 Å². The van der Waals surface area contributed by atoms with E-state index in [9.17, 15) is 9.59 Å². The van der Waals surface area contributed by atoms with Gasteiger partial charge in [0.05, 0.1) is 71.5 Å². The van der Waals surface area contributed by atoms with E-state index in [-0.39, 0.29) is 24.1 Å². The number of rotatable bonds is 10. The molecule has 0 saturated carbocycles. The molecule has 1 aromatic carbocycles. The van der Waals surface area contributed by atoms with Gasteiger partial charge in [0.2, 0.25) is 5.89 Å². The van der Waals surface area contributed by atoms with Crippen molar-refractivity contribution in [1.29, 1.82) is 0 Å². The van der Waals surface area contributed by atoms with Crippen molar-refractivity contribution in [2.75, 3.05) is 54.4 Å². The summed E-state index contributed by atoms with van der Waals surface area (Å²) in [5, 5.41) is 3.21. The van der Waals surface area contributed by atoms with Gasteiger partial charge in [0.15, 0.2) is 5.69 Å². The van der Waals surface area contributed by atoms with Crippen molar-refractivity contribution in [3.8, 4) is 0 Å². The molecule has 0 saturated heterocycles. The maximum Gasteiger partial charge on any atom is 0.273 e. The zero-order valence-corrected chi connectivity index (χ0v) is 18.2. The van der Waals surface area contributed by atoms with Crippen LogP contribution in [0.25, 0.3) is 0 Å². The Kier molecular flexibility index (Phi) is 8.63. The van der Waals surface area contributed by atoms with E-state index in [1.807, 2.05) is 28.2 Å². The van der Waals surface area contributed by atoms with Crippen LogP contribution in [0.1, 0.15) is 26.7 Å². The quantitative estimate of drug-likeness (QED) is 0.457. The summed E-state index contributed by atoms with van der Waals surface area (Å²) in [4.78, 5) is 33.5. The largest absolute Gasteiger partial charge is 0.446 e. The third-order valence-corrected chi connectivity index (χ3v) is 4.62. The molecule has 0 spiro atoms. The molecule has 0 aliphatic heterocycles. The Morgan fingerprint density at radius 1 is 1.14 bits per heavy atom. The average molecular weight is 424 g/mol. The van der Waals surface area contributed by atoms with Crippen molar-refractivity contribution in [3.05, 3.63) is 52.7 Å². The van der Waals surface area contributed by atoms with E-state index in [2.05, 4.69) is 10.3 Å². The number of hydrogen-bond acceptors (Lipinski definition) is 4. The second-order valence-electron chi connectivity index (χ2n) is 7.50. The molecule has 1 heterocycles. The Labute approximate surface area is 176 Å². The number of carbonyl (C=O) groups is 2. The van der Waals surface area contributed by atoms with Gasteiger partial charge in [-0.3, -0.25) is 9.59 Å². The van der Waals surface area contributed by atoms with E-state index in [4.69, 9.17) is 16.0 Å². The van der Waals surface area contributed by atoms with Gasteiger partial charge in [0.1, 0.15) is 6.26 Å². The molecular weight excluding hydrogens is 394 g/mol. The molecule has 0 aliphatic rings. The maximum atomic E-state index is 13.0. The summed E-state index contributed by atoms with van der Waals surface area (Å²) in [5.41, 5.74) is 0.635. The third kappa shape index (κ3) is 7.16. The molecule has 9 heteroatoms. The predicted molar refractivity (Wildman–Crippen MR) is 110 cm³/mol. The number of nitrogens with one attached hydrogen (secondary N) is 3. The number of nitrogens with zero attached hydrogens (tertiary/aromatic N) is 2. The van der Waals surface area contributed by atoms with E-state index in [1.54, 1.807) is 29.2 Å². The Hall–Kier alpha value is -2.42. The highest BCUT2D eigenvalue weighted by Crippen LogP contribution is 2.18. The molecule has 2 aromatic rings. The topological polar surface area (TPSA) is 84.3 Å². The fraction of sp³-hybridized carbons (Fsp3) is 0.450. The van der Waals surface area contributed by atoms with Crippen molar-refractivity contribution in [3.63, 3.8) is 0 Å². The minimum atomic E-state index is -0.289. The Morgan fingerprint density at radius 2 is 1.83 bits per heavy atom. The van der Waals surface area contributed by atoms with Crippen LogP contribution in [0.4, 0.5) is 0 Å². The predicted octanol–water partition coefficient (Wildman–Crippen LogP) is -1.01. The van der Waals surface area contributed by atoms with Gasteiger partial charge >= 0.3 is 0 Å². The molecule has 29 heavy (non-hydrogen) atoms. The highest BCUT2D eigenvalue weighted by molar-refractivity contribution is 6.33. The lowest BCUT2D eigenvalue weighted by atomic mass is 10.2. The molecule has 3 N–H and O–H groups in total. The van der Waals surface area contributed by atoms with Crippen molar-refractivity contribution < 1.29 is 23.8 Å². The number of halogens is 1. The lowest BCUT2D eigenvalue weighted by molar-refractivity contribution is -0.857. The van der Waals surface area contributed by atoms with Crippen molar-refractivity contribution in [1.82, 2.24) is 15.2 Å². The average Bonchev–Trinajstić information content (AvgIpc) is 3.13. The number of hydrogen-bond donors (Lipinski definition) is 3. The number of likely N-dealkylation sites (N-methyl/N-ethyl adjacent to an activating group) is 2. The standard InChI is InChI=1S/C20H28ClN5O3/c1-24(2)10-9-22-19(27)17-14-29-18(23-17)13-26(12-11-25(3)4)20(28)15-7-5-6-8-16(15)21/h5-8,14H,9-13H2,1-4H3,(H,22,27)/p+2. The molecule has 0 fully saturated rings. The van der Waals surface area contributed by atoms with Gasteiger partial charge in [-0.05, 0) is 12.1 Å². The van der Waals surface area contributed by atoms with E-state index < -0.39 is 0 Å². The summed E-state index contributed by atoms with van der Waals surface area (Å²) in [5.74, 6) is -0.180. The van der Waals surface area contributed by atoms with Crippen LogP contribution in [-0.2, 0) is 6.54 Å². The number of aromatic nitrogens is 1.